The molecule has 2 aromatic rings. The summed E-state index contributed by atoms with van der Waals surface area (Å²) in [7, 11) is 3.46. The summed E-state index contributed by atoms with van der Waals surface area (Å²) in [4.78, 5) is 13.0. The van der Waals surface area contributed by atoms with Crippen molar-refractivity contribution in [3.05, 3.63) is 30.1 Å². The van der Waals surface area contributed by atoms with E-state index in [2.05, 4.69) is 20.8 Å². The largest absolute Gasteiger partial charge is 0.376 e. The fourth-order valence-electron chi connectivity index (χ4n) is 1.63. The van der Waals surface area contributed by atoms with Gasteiger partial charge in [0.05, 0.1) is 12.2 Å². The predicted octanol–water partition coefficient (Wildman–Crippen LogP) is 0.471. The van der Waals surface area contributed by atoms with E-state index in [9.17, 15) is 4.79 Å². The first-order valence-electron chi connectivity index (χ1n) is 5.86. The Labute approximate surface area is 111 Å². The summed E-state index contributed by atoms with van der Waals surface area (Å²) in [6.07, 6.45) is 1.55. The van der Waals surface area contributed by atoms with Crippen LogP contribution in [0.25, 0.3) is 5.69 Å². The topological polar surface area (TPSA) is 75.9 Å². The van der Waals surface area contributed by atoms with E-state index in [-0.39, 0.29) is 12.5 Å². The molecule has 0 spiro atoms. The fraction of sp³-hybridized carbons (Fsp3) is 0.333. The zero-order chi connectivity index (χ0) is 13.8. The number of rotatable bonds is 4. The van der Waals surface area contributed by atoms with E-state index in [1.54, 1.807) is 30.0 Å². The molecule has 19 heavy (non-hydrogen) atoms. The van der Waals surface area contributed by atoms with E-state index in [0.717, 1.165) is 16.9 Å². The van der Waals surface area contributed by atoms with Gasteiger partial charge in [-0.3, -0.25) is 4.79 Å². The molecule has 7 nitrogen and oxygen atoms in total. The van der Waals surface area contributed by atoms with Crippen molar-refractivity contribution in [3.8, 4) is 5.69 Å². The maximum Gasteiger partial charge on any atom is 0.241 e. The Morgan fingerprint density at radius 1 is 1.42 bits per heavy atom. The molecule has 0 bridgehead atoms. The smallest absolute Gasteiger partial charge is 0.241 e. The van der Waals surface area contributed by atoms with Gasteiger partial charge in [0.15, 0.2) is 0 Å². The summed E-state index contributed by atoms with van der Waals surface area (Å²) < 4.78 is 1.60. The summed E-state index contributed by atoms with van der Waals surface area (Å²) in [5.74, 6) is 0.0298. The molecule has 0 aliphatic carbocycles. The molecule has 100 valence electrons. The predicted molar refractivity (Wildman–Crippen MR) is 71.1 cm³/mol. The number of hydrogen-bond donors (Lipinski definition) is 1. The third kappa shape index (κ3) is 3.06. The Morgan fingerprint density at radius 3 is 2.79 bits per heavy atom. The van der Waals surface area contributed by atoms with Crippen molar-refractivity contribution >= 4 is 11.6 Å². The van der Waals surface area contributed by atoms with Crippen LogP contribution in [-0.2, 0) is 4.79 Å². The minimum absolute atomic E-state index is 0.0298. The van der Waals surface area contributed by atoms with Crippen LogP contribution < -0.4 is 5.32 Å². The molecular weight excluding hydrogens is 244 g/mol. The second-order valence-corrected chi connectivity index (χ2v) is 4.40. The molecule has 1 heterocycles. The van der Waals surface area contributed by atoms with Crippen molar-refractivity contribution < 1.29 is 4.79 Å². The molecule has 0 fully saturated rings. The summed E-state index contributed by atoms with van der Waals surface area (Å²) in [5.41, 5.74) is 2.83. The highest BCUT2D eigenvalue weighted by atomic mass is 16.2. The summed E-state index contributed by atoms with van der Waals surface area (Å²) in [6, 6.07) is 5.76. The van der Waals surface area contributed by atoms with Crippen LogP contribution in [0.2, 0.25) is 0 Å². The van der Waals surface area contributed by atoms with Crippen LogP contribution in [0.15, 0.2) is 24.5 Å². The van der Waals surface area contributed by atoms with Crippen LogP contribution in [0.1, 0.15) is 5.56 Å². The Bertz CT molecular complexity index is 564. The number of carbonyl (C=O) groups excluding carboxylic acids is 1. The molecule has 0 saturated heterocycles. The summed E-state index contributed by atoms with van der Waals surface area (Å²) >= 11 is 0. The number of carbonyl (C=O) groups is 1. The molecule has 0 radical (unpaired) electrons. The lowest BCUT2D eigenvalue weighted by atomic mass is 10.2. The fourth-order valence-corrected chi connectivity index (χ4v) is 1.63. The van der Waals surface area contributed by atoms with Gasteiger partial charge in [-0.2, -0.15) is 0 Å². The Hall–Kier alpha value is -2.44. The first-order chi connectivity index (χ1) is 9.08. The zero-order valence-corrected chi connectivity index (χ0v) is 11.2. The van der Waals surface area contributed by atoms with Gasteiger partial charge in [0.25, 0.3) is 0 Å². The number of nitrogens with one attached hydrogen (secondary N) is 1. The average molecular weight is 260 g/mol. The summed E-state index contributed by atoms with van der Waals surface area (Å²) in [6.45, 7) is 2.24. The summed E-state index contributed by atoms with van der Waals surface area (Å²) in [5, 5.41) is 14.2. The standard InChI is InChI=1S/C12H16N6O/c1-9-6-10(13-7-12(19)17(2)3)4-5-11(9)18-8-14-15-16-18/h4-6,8,13H,7H2,1-3H3. The molecule has 7 heteroatoms. The highest BCUT2D eigenvalue weighted by Crippen LogP contribution is 2.17. The van der Waals surface area contributed by atoms with Gasteiger partial charge in [-0.05, 0) is 41.1 Å². The molecule has 0 aliphatic rings. The van der Waals surface area contributed by atoms with Crippen molar-refractivity contribution in [2.24, 2.45) is 0 Å². The second kappa shape index (κ2) is 5.47. The van der Waals surface area contributed by atoms with Gasteiger partial charge in [0, 0.05) is 19.8 Å². The van der Waals surface area contributed by atoms with Crippen molar-refractivity contribution in [1.29, 1.82) is 0 Å². The number of nitrogens with zero attached hydrogens (tertiary/aromatic N) is 5. The molecule has 1 N–H and O–H groups in total. The van der Waals surface area contributed by atoms with Crippen molar-refractivity contribution in [2.75, 3.05) is 26.0 Å². The van der Waals surface area contributed by atoms with Gasteiger partial charge >= 0.3 is 0 Å². The molecule has 1 aromatic heterocycles. The average Bonchev–Trinajstić information content (AvgIpc) is 2.89. The van der Waals surface area contributed by atoms with Gasteiger partial charge in [-0.15, -0.1) is 5.10 Å². The molecule has 0 aliphatic heterocycles. The zero-order valence-electron chi connectivity index (χ0n) is 11.2. The first kappa shape index (κ1) is 13.0. The van der Waals surface area contributed by atoms with E-state index >= 15 is 0 Å². The van der Waals surface area contributed by atoms with Crippen LogP contribution in [0.5, 0.6) is 0 Å². The quantitative estimate of drug-likeness (QED) is 0.865. The highest BCUT2D eigenvalue weighted by molar-refractivity contribution is 5.80. The number of aryl methyl sites for hydroxylation is 1. The van der Waals surface area contributed by atoms with Gasteiger partial charge in [0.2, 0.25) is 5.91 Å². The lowest BCUT2D eigenvalue weighted by Crippen LogP contribution is -2.28. The maximum absolute atomic E-state index is 11.5. The van der Waals surface area contributed by atoms with E-state index in [4.69, 9.17) is 0 Å². The molecule has 1 amide bonds. The number of amides is 1. The third-order valence-electron chi connectivity index (χ3n) is 2.74. The first-order valence-corrected chi connectivity index (χ1v) is 5.86. The SMILES string of the molecule is Cc1cc(NCC(=O)N(C)C)ccc1-n1cnnn1. The van der Waals surface area contributed by atoms with Gasteiger partial charge in [-0.25, -0.2) is 4.68 Å². The minimum Gasteiger partial charge on any atom is -0.376 e. The van der Waals surface area contributed by atoms with E-state index in [0.29, 0.717) is 0 Å². The molecule has 0 atom stereocenters. The lowest BCUT2D eigenvalue weighted by molar-refractivity contribution is -0.126. The monoisotopic (exact) mass is 260 g/mol. The van der Waals surface area contributed by atoms with E-state index in [1.165, 1.54) is 0 Å². The highest BCUT2D eigenvalue weighted by Gasteiger charge is 2.06. The Morgan fingerprint density at radius 2 is 2.21 bits per heavy atom. The van der Waals surface area contributed by atoms with Gasteiger partial charge in [-0.1, -0.05) is 0 Å². The number of aromatic nitrogens is 4. The molecule has 0 saturated carbocycles. The van der Waals surface area contributed by atoms with Gasteiger partial charge in [0.1, 0.15) is 6.33 Å². The van der Waals surface area contributed by atoms with Crippen LogP contribution >= 0.6 is 0 Å². The minimum atomic E-state index is 0.0298. The third-order valence-corrected chi connectivity index (χ3v) is 2.74. The van der Waals surface area contributed by atoms with Crippen molar-refractivity contribution in [2.45, 2.75) is 6.92 Å². The Balaban J connectivity index is 2.09. The van der Waals surface area contributed by atoms with Gasteiger partial charge < -0.3 is 10.2 Å². The van der Waals surface area contributed by atoms with E-state index in [1.807, 2.05) is 25.1 Å². The van der Waals surface area contributed by atoms with E-state index < -0.39 is 0 Å². The molecule has 1 aromatic carbocycles. The molecule has 2 rings (SSSR count). The number of benzene rings is 1. The van der Waals surface area contributed by atoms with Crippen LogP contribution in [-0.4, -0.2) is 51.7 Å². The normalized spacial score (nSPS) is 10.3. The second-order valence-electron chi connectivity index (χ2n) is 4.40. The number of anilines is 1. The van der Waals surface area contributed by atoms with Crippen LogP contribution in [0, 0.1) is 6.92 Å². The van der Waals surface area contributed by atoms with Crippen LogP contribution in [0.3, 0.4) is 0 Å². The van der Waals surface area contributed by atoms with Crippen LogP contribution in [0.4, 0.5) is 5.69 Å². The number of likely N-dealkylation sites (N-methyl/N-ethyl adjacent to an activating group) is 1. The lowest BCUT2D eigenvalue weighted by Gasteiger charge is -2.13. The Kier molecular flexibility index (Phi) is 3.74. The van der Waals surface area contributed by atoms with Crippen molar-refractivity contribution in [3.63, 3.8) is 0 Å². The number of hydrogen-bond acceptors (Lipinski definition) is 5. The van der Waals surface area contributed by atoms with Crippen molar-refractivity contribution in [1.82, 2.24) is 25.1 Å². The molecular formula is C12H16N6O. The molecule has 0 unspecified atom stereocenters. The number of tetrazole rings is 1. The maximum atomic E-state index is 11.5.